The molecule has 0 saturated heterocycles. The third kappa shape index (κ3) is 5.92. The van der Waals surface area contributed by atoms with Crippen LogP contribution < -0.4 is 10.6 Å². The lowest BCUT2D eigenvalue weighted by molar-refractivity contribution is -0.156. The van der Waals surface area contributed by atoms with Crippen molar-refractivity contribution in [3.8, 4) is 0 Å². The summed E-state index contributed by atoms with van der Waals surface area (Å²) in [6.45, 7) is 2.59. The first-order valence-electron chi connectivity index (χ1n) is 8.84. The molecule has 0 aliphatic carbocycles. The van der Waals surface area contributed by atoms with Crippen LogP contribution in [0, 0.1) is 6.92 Å². The van der Waals surface area contributed by atoms with Crippen molar-refractivity contribution >= 4 is 17.8 Å². The zero-order chi connectivity index (χ0) is 20.7. The van der Waals surface area contributed by atoms with Gasteiger partial charge in [0.1, 0.15) is 0 Å². The van der Waals surface area contributed by atoms with Gasteiger partial charge in [0.25, 0.3) is 5.91 Å². The van der Waals surface area contributed by atoms with E-state index in [0.717, 1.165) is 18.1 Å². The summed E-state index contributed by atoms with van der Waals surface area (Å²) in [6, 6.07) is 15.5. The maximum absolute atomic E-state index is 12.6. The van der Waals surface area contributed by atoms with Crippen LogP contribution in [0.2, 0.25) is 0 Å². The molecule has 7 nitrogen and oxygen atoms in total. The number of aryl methyl sites for hydroxylation is 1. The molecule has 0 aliphatic rings. The van der Waals surface area contributed by atoms with Crippen LogP contribution in [0.1, 0.15) is 40.9 Å². The number of hydrogen-bond acceptors (Lipinski definition) is 4. The molecule has 2 unspecified atom stereocenters. The Hall–Kier alpha value is -3.19. The first-order chi connectivity index (χ1) is 13.2. The van der Waals surface area contributed by atoms with Gasteiger partial charge in [-0.2, -0.15) is 0 Å². The van der Waals surface area contributed by atoms with Gasteiger partial charge in [-0.3, -0.25) is 9.59 Å². The van der Waals surface area contributed by atoms with Gasteiger partial charge in [-0.15, -0.1) is 0 Å². The molecule has 4 N–H and O–H groups in total. The largest absolute Gasteiger partial charge is 0.479 e. The summed E-state index contributed by atoms with van der Waals surface area (Å²) in [5.74, 6) is -2.24. The van der Waals surface area contributed by atoms with E-state index in [1.165, 1.54) is 0 Å². The van der Waals surface area contributed by atoms with Gasteiger partial charge < -0.3 is 20.8 Å². The molecule has 2 rings (SSSR count). The molecule has 0 radical (unpaired) electrons. The molecule has 0 heterocycles. The molecule has 2 atom stereocenters. The Morgan fingerprint density at radius 1 is 1.04 bits per heavy atom. The van der Waals surface area contributed by atoms with Crippen molar-refractivity contribution in [1.29, 1.82) is 0 Å². The highest BCUT2D eigenvalue weighted by molar-refractivity contribution is 5.94. The Morgan fingerprint density at radius 2 is 1.64 bits per heavy atom. The molecule has 148 valence electrons. The number of amides is 2. The van der Waals surface area contributed by atoms with Crippen molar-refractivity contribution in [2.45, 2.75) is 31.9 Å². The molecule has 0 fully saturated rings. The van der Waals surface area contributed by atoms with Crippen LogP contribution in [0.25, 0.3) is 0 Å². The second kappa shape index (κ2) is 9.14. The number of nitrogens with one attached hydrogen (secondary N) is 2. The van der Waals surface area contributed by atoms with E-state index in [4.69, 9.17) is 5.11 Å². The van der Waals surface area contributed by atoms with Crippen molar-refractivity contribution in [3.05, 3.63) is 71.3 Å². The summed E-state index contributed by atoms with van der Waals surface area (Å²) in [5.41, 5.74) is 0.174. The summed E-state index contributed by atoms with van der Waals surface area (Å²) in [5, 5.41) is 23.9. The smallest absolute Gasteiger partial charge is 0.337 e. The van der Waals surface area contributed by atoms with Gasteiger partial charge >= 0.3 is 5.97 Å². The van der Waals surface area contributed by atoms with E-state index in [1.54, 1.807) is 36.4 Å². The molecule has 0 aromatic heterocycles. The molecule has 2 aromatic carbocycles. The molecule has 0 aliphatic heterocycles. The molecular formula is C21H24N2O5. The maximum atomic E-state index is 12.6. The van der Waals surface area contributed by atoms with Gasteiger partial charge in [-0.25, -0.2) is 4.79 Å². The molecule has 2 aromatic rings. The van der Waals surface area contributed by atoms with E-state index >= 15 is 0 Å². The summed E-state index contributed by atoms with van der Waals surface area (Å²) in [4.78, 5) is 35.8. The molecule has 7 heteroatoms. The van der Waals surface area contributed by atoms with E-state index in [1.807, 2.05) is 25.1 Å². The highest BCUT2D eigenvalue weighted by Crippen LogP contribution is 2.18. The SMILES string of the molecule is Cc1ccc(C(=O)NC(CC(=O)NCC(C)(O)C(=O)O)c2ccccc2)cc1. The number of carboxylic acids is 1. The maximum Gasteiger partial charge on any atom is 0.337 e. The molecule has 28 heavy (non-hydrogen) atoms. The number of carboxylic acid groups (broad SMARTS) is 1. The Bertz CT molecular complexity index is 832. The Balaban J connectivity index is 2.10. The first-order valence-corrected chi connectivity index (χ1v) is 8.84. The highest BCUT2D eigenvalue weighted by Gasteiger charge is 2.30. The summed E-state index contributed by atoms with van der Waals surface area (Å²) >= 11 is 0. The predicted octanol–water partition coefficient (Wildman–Crippen LogP) is 1.81. The van der Waals surface area contributed by atoms with Gasteiger partial charge in [0.15, 0.2) is 5.60 Å². The highest BCUT2D eigenvalue weighted by atomic mass is 16.4. The lowest BCUT2D eigenvalue weighted by Crippen LogP contribution is -2.47. The van der Waals surface area contributed by atoms with Crippen molar-refractivity contribution in [1.82, 2.24) is 10.6 Å². The van der Waals surface area contributed by atoms with Crippen molar-refractivity contribution in [3.63, 3.8) is 0 Å². The number of hydrogen-bond donors (Lipinski definition) is 4. The van der Waals surface area contributed by atoms with Gasteiger partial charge in [0.2, 0.25) is 5.91 Å². The minimum absolute atomic E-state index is 0.0999. The summed E-state index contributed by atoms with van der Waals surface area (Å²) in [7, 11) is 0. The van der Waals surface area contributed by atoms with E-state index < -0.39 is 30.1 Å². The van der Waals surface area contributed by atoms with Gasteiger partial charge in [0, 0.05) is 5.56 Å². The molecule has 0 bridgehead atoms. The zero-order valence-corrected chi connectivity index (χ0v) is 15.8. The topological polar surface area (TPSA) is 116 Å². The quantitative estimate of drug-likeness (QED) is 0.554. The fraction of sp³-hybridized carbons (Fsp3) is 0.286. The first kappa shape index (κ1) is 21.1. The van der Waals surface area contributed by atoms with Crippen LogP contribution in [0.4, 0.5) is 0 Å². The van der Waals surface area contributed by atoms with Crippen LogP contribution in [-0.2, 0) is 9.59 Å². The normalized spacial score (nSPS) is 13.8. The minimum atomic E-state index is -2.07. The van der Waals surface area contributed by atoms with E-state index in [2.05, 4.69) is 10.6 Å². The minimum Gasteiger partial charge on any atom is -0.479 e. The molecule has 0 saturated carbocycles. The lowest BCUT2D eigenvalue weighted by Gasteiger charge is -2.21. The average Bonchev–Trinajstić information content (AvgIpc) is 2.67. The predicted molar refractivity (Wildman–Crippen MR) is 104 cm³/mol. The van der Waals surface area contributed by atoms with Crippen LogP contribution >= 0.6 is 0 Å². The second-order valence-electron chi connectivity index (χ2n) is 6.86. The Morgan fingerprint density at radius 3 is 2.21 bits per heavy atom. The molecular weight excluding hydrogens is 360 g/mol. The molecule has 2 amide bonds. The van der Waals surface area contributed by atoms with Crippen LogP contribution in [0.3, 0.4) is 0 Å². The van der Waals surface area contributed by atoms with Crippen molar-refractivity contribution in [2.24, 2.45) is 0 Å². The Labute approximate surface area is 163 Å². The summed E-state index contributed by atoms with van der Waals surface area (Å²) in [6.07, 6.45) is -0.0999. The average molecular weight is 384 g/mol. The van der Waals surface area contributed by atoms with Crippen LogP contribution in [0.15, 0.2) is 54.6 Å². The van der Waals surface area contributed by atoms with E-state index in [-0.39, 0.29) is 12.3 Å². The second-order valence-corrected chi connectivity index (χ2v) is 6.86. The number of carbonyl (C=O) groups excluding carboxylic acids is 2. The number of rotatable bonds is 8. The third-order valence-corrected chi connectivity index (χ3v) is 4.30. The fourth-order valence-corrected chi connectivity index (χ4v) is 2.49. The van der Waals surface area contributed by atoms with E-state index in [9.17, 15) is 19.5 Å². The monoisotopic (exact) mass is 384 g/mol. The third-order valence-electron chi connectivity index (χ3n) is 4.30. The molecule has 0 spiro atoms. The van der Waals surface area contributed by atoms with E-state index in [0.29, 0.717) is 5.56 Å². The van der Waals surface area contributed by atoms with Crippen LogP contribution in [0.5, 0.6) is 0 Å². The lowest BCUT2D eigenvalue weighted by atomic mass is 10.0. The number of aliphatic hydroxyl groups is 1. The van der Waals surface area contributed by atoms with Crippen LogP contribution in [-0.4, -0.2) is 40.1 Å². The van der Waals surface area contributed by atoms with Gasteiger partial charge in [0.05, 0.1) is 19.0 Å². The van der Waals surface area contributed by atoms with Gasteiger partial charge in [-0.1, -0.05) is 48.0 Å². The Kier molecular flexibility index (Phi) is 6.89. The standard InChI is InChI=1S/C21H24N2O5/c1-14-8-10-16(11-9-14)19(25)23-17(15-6-4-3-5-7-15)12-18(24)22-13-21(2,28)20(26)27/h3-11,17,28H,12-13H2,1-2H3,(H,22,24)(H,23,25)(H,26,27). The van der Waals surface area contributed by atoms with Crippen molar-refractivity contribution < 1.29 is 24.6 Å². The number of aliphatic carboxylic acids is 1. The number of carbonyl (C=O) groups is 3. The fourth-order valence-electron chi connectivity index (χ4n) is 2.49. The van der Waals surface area contributed by atoms with Gasteiger partial charge in [-0.05, 0) is 31.5 Å². The summed E-state index contributed by atoms with van der Waals surface area (Å²) < 4.78 is 0. The van der Waals surface area contributed by atoms with Crippen molar-refractivity contribution in [2.75, 3.05) is 6.54 Å². The zero-order valence-electron chi connectivity index (χ0n) is 15.8. The number of benzene rings is 2.